The number of hydrogen-bond donors (Lipinski definition) is 2. The van der Waals surface area contributed by atoms with Crippen molar-refractivity contribution in [2.75, 3.05) is 6.61 Å². The molecule has 0 radical (unpaired) electrons. The minimum absolute atomic E-state index is 0.280. The van der Waals surface area contributed by atoms with Gasteiger partial charge in [0.1, 0.15) is 6.10 Å². The van der Waals surface area contributed by atoms with E-state index in [0.717, 1.165) is 5.56 Å². The third-order valence-corrected chi connectivity index (χ3v) is 1.82. The van der Waals surface area contributed by atoms with Crippen molar-refractivity contribution < 1.29 is 10.2 Å². The van der Waals surface area contributed by atoms with Crippen molar-refractivity contribution in [1.29, 1.82) is 5.26 Å². The van der Waals surface area contributed by atoms with Gasteiger partial charge in [-0.15, -0.1) is 0 Å². The lowest BCUT2D eigenvalue weighted by Gasteiger charge is -2.06. The topological polar surface area (TPSA) is 64.2 Å². The monoisotopic (exact) mass is 177 g/mol. The molecule has 0 aliphatic rings. The molecule has 1 rings (SSSR count). The Bertz CT molecular complexity index is 300. The fourth-order valence-electron chi connectivity index (χ4n) is 1.05. The molecule has 1 aromatic rings. The van der Waals surface area contributed by atoms with Crippen LogP contribution in [0, 0.1) is 11.3 Å². The van der Waals surface area contributed by atoms with Crippen molar-refractivity contribution in [2.24, 2.45) is 0 Å². The molecule has 13 heavy (non-hydrogen) atoms. The number of aliphatic hydroxyl groups is 2. The van der Waals surface area contributed by atoms with Gasteiger partial charge in [-0.25, -0.2) is 0 Å². The van der Waals surface area contributed by atoms with Crippen LogP contribution >= 0.6 is 0 Å². The number of rotatable bonds is 3. The summed E-state index contributed by atoms with van der Waals surface area (Å²) in [4.78, 5) is 0. The van der Waals surface area contributed by atoms with Crippen LogP contribution in [0.2, 0.25) is 0 Å². The molecular weight excluding hydrogens is 166 g/mol. The van der Waals surface area contributed by atoms with Crippen LogP contribution < -0.4 is 0 Å². The van der Waals surface area contributed by atoms with Crippen molar-refractivity contribution in [3.8, 4) is 6.07 Å². The van der Waals surface area contributed by atoms with Crippen molar-refractivity contribution in [3.05, 3.63) is 35.4 Å². The average molecular weight is 177 g/mol. The van der Waals surface area contributed by atoms with Gasteiger partial charge in [-0.1, -0.05) is 24.3 Å². The third-order valence-electron chi connectivity index (χ3n) is 1.82. The van der Waals surface area contributed by atoms with Crippen LogP contribution in [-0.2, 0) is 6.42 Å². The molecule has 0 aliphatic carbocycles. The fraction of sp³-hybridized carbons (Fsp3) is 0.300. The minimum Gasteiger partial charge on any atom is -0.393 e. The zero-order valence-corrected chi connectivity index (χ0v) is 7.14. The Morgan fingerprint density at radius 3 is 2.38 bits per heavy atom. The number of nitriles is 1. The molecule has 0 bridgehead atoms. The molecule has 0 spiro atoms. The first kappa shape index (κ1) is 9.72. The van der Waals surface area contributed by atoms with Gasteiger partial charge in [0.15, 0.2) is 0 Å². The number of aliphatic hydroxyl groups excluding tert-OH is 2. The lowest BCUT2D eigenvalue weighted by atomic mass is 10.1. The number of nitrogens with zero attached hydrogens (tertiary/aromatic N) is 1. The summed E-state index contributed by atoms with van der Waals surface area (Å²) in [5.74, 6) is 0. The van der Waals surface area contributed by atoms with E-state index < -0.39 is 6.10 Å². The van der Waals surface area contributed by atoms with Crippen LogP contribution in [0.15, 0.2) is 24.3 Å². The van der Waals surface area contributed by atoms with Crippen LogP contribution in [0.25, 0.3) is 0 Å². The van der Waals surface area contributed by atoms with Crippen LogP contribution in [0.1, 0.15) is 17.2 Å². The van der Waals surface area contributed by atoms with Gasteiger partial charge < -0.3 is 10.2 Å². The Morgan fingerprint density at radius 1 is 1.31 bits per heavy atom. The molecule has 3 heteroatoms. The largest absolute Gasteiger partial charge is 0.393 e. The molecule has 0 amide bonds. The maximum Gasteiger partial charge on any atom is 0.102 e. The first-order chi connectivity index (χ1) is 6.27. The molecule has 1 unspecified atom stereocenters. The zero-order chi connectivity index (χ0) is 9.68. The van der Waals surface area contributed by atoms with Crippen molar-refractivity contribution in [3.63, 3.8) is 0 Å². The average Bonchev–Trinajstić information content (AvgIpc) is 2.18. The Kier molecular flexibility index (Phi) is 3.44. The second-order valence-corrected chi connectivity index (χ2v) is 2.77. The molecule has 0 aromatic heterocycles. The summed E-state index contributed by atoms with van der Waals surface area (Å²) in [6.45, 7) is -0.280. The third kappa shape index (κ3) is 2.55. The van der Waals surface area contributed by atoms with Crippen LogP contribution in [-0.4, -0.2) is 16.8 Å². The van der Waals surface area contributed by atoms with Gasteiger partial charge in [-0.3, -0.25) is 0 Å². The summed E-state index contributed by atoms with van der Waals surface area (Å²) in [7, 11) is 0. The summed E-state index contributed by atoms with van der Waals surface area (Å²) in [5, 5.41) is 26.3. The highest BCUT2D eigenvalue weighted by atomic mass is 16.3. The quantitative estimate of drug-likeness (QED) is 0.717. The van der Waals surface area contributed by atoms with Gasteiger partial charge >= 0.3 is 0 Å². The summed E-state index contributed by atoms with van der Waals surface area (Å²) in [5.41, 5.74) is 1.58. The van der Waals surface area contributed by atoms with Crippen LogP contribution in [0.5, 0.6) is 0 Å². The van der Waals surface area contributed by atoms with Gasteiger partial charge in [-0.2, -0.15) is 5.26 Å². The summed E-state index contributed by atoms with van der Waals surface area (Å²) in [6.07, 6.45) is -0.452. The highest BCUT2D eigenvalue weighted by Gasteiger charge is 2.04. The highest BCUT2D eigenvalue weighted by molar-refractivity contribution is 5.25. The maximum atomic E-state index is 9.24. The van der Waals surface area contributed by atoms with Crippen molar-refractivity contribution >= 4 is 0 Å². The van der Waals surface area contributed by atoms with E-state index in [2.05, 4.69) is 0 Å². The lowest BCUT2D eigenvalue weighted by molar-refractivity contribution is 0.0956. The first-order valence-electron chi connectivity index (χ1n) is 4.02. The molecule has 3 nitrogen and oxygen atoms in total. The number of hydrogen-bond acceptors (Lipinski definition) is 3. The van der Waals surface area contributed by atoms with E-state index in [1.807, 2.05) is 6.07 Å². The van der Waals surface area contributed by atoms with E-state index >= 15 is 0 Å². The molecule has 0 fully saturated rings. The zero-order valence-electron chi connectivity index (χ0n) is 7.14. The second-order valence-electron chi connectivity index (χ2n) is 2.77. The molecule has 0 heterocycles. The van der Waals surface area contributed by atoms with E-state index in [9.17, 15) is 5.11 Å². The summed E-state index contributed by atoms with van der Waals surface area (Å²) >= 11 is 0. The molecule has 0 saturated carbocycles. The molecule has 0 aliphatic heterocycles. The van der Waals surface area contributed by atoms with Gasteiger partial charge in [0.25, 0.3) is 0 Å². The normalized spacial score (nSPS) is 12.1. The second kappa shape index (κ2) is 4.61. The van der Waals surface area contributed by atoms with E-state index in [1.54, 1.807) is 24.3 Å². The standard InChI is InChI=1S/C10H11NO2/c11-6-5-8-1-3-9(4-2-8)10(13)7-12/h1-4,10,12-13H,5,7H2. The smallest absolute Gasteiger partial charge is 0.102 e. The Morgan fingerprint density at radius 2 is 1.92 bits per heavy atom. The van der Waals surface area contributed by atoms with Gasteiger partial charge in [0.2, 0.25) is 0 Å². The predicted molar refractivity (Wildman–Crippen MR) is 47.8 cm³/mol. The number of benzene rings is 1. The van der Waals surface area contributed by atoms with Crippen molar-refractivity contribution in [1.82, 2.24) is 0 Å². The highest BCUT2D eigenvalue weighted by Crippen LogP contribution is 2.12. The van der Waals surface area contributed by atoms with Crippen LogP contribution in [0.3, 0.4) is 0 Å². The van der Waals surface area contributed by atoms with E-state index in [1.165, 1.54) is 0 Å². The maximum absolute atomic E-state index is 9.24. The summed E-state index contributed by atoms with van der Waals surface area (Å²) < 4.78 is 0. The molecule has 68 valence electrons. The van der Waals surface area contributed by atoms with E-state index in [4.69, 9.17) is 10.4 Å². The summed E-state index contributed by atoms with van der Waals surface area (Å²) in [6, 6.07) is 9.02. The molecule has 0 saturated heterocycles. The Labute approximate surface area is 76.9 Å². The first-order valence-corrected chi connectivity index (χ1v) is 4.02. The minimum atomic E-state index is -0.823. The molecular formula is C10H11NO2. The van der Waals surface area contributed by atoms with Gasteiger partial charge in [-0.05, 0) is 11.1 Å². The van der Waals surface area contributed by atoms with Crippen LogP contribution in [0.4, 0.5) is 0 Å². The Hall–Kier alpha value is -1.37. The molecule has 1 aromatic carbocycles. The predicted octanol–water partition coefficient (Wildman–Crippen LogP) is 0.778. The van der Waals surface area contributed by atoms with E-state index in [-0.39, 0.29) is 6.61 Å². The van der Waals surface area contributed by atoms with Gasteiger partial charge in [0.05, 0.1) is 19.1 Å². The Balaban J connectivity index is 2.76. The SMILES string of the molecule is N#CCc1ccc(C(O)CO)cc1. The van der Waals surface area contributed by atoms with Crippen molar-refractivity contribution in [2.45, 2.75) is 12.5 Å². The van der Waals surface area contributed by atoms with Gasteiger partial charge in [0, 0.05) is 0 Å². The fourth-order valence-corrected chi connectivity index (χ4v) is 1.05. The molecule has 1 atom stereocenters. The lowest BCUT2D eigenvalue weighted by Crippen LogP contribution is -2.02. The van der Waals surface area contributed by atoms with E-state index in [0.29, 0.717) is 12.0 Å². The molecule has 2 N–H and O–H groups in total.